The highest BCUT2D eigenvalue weighted by molar-refractivity contribution is 5.85. The predicted octanol–water partition coefficient (Wildman–Crippen LogP) is 13.1. The van der Waals surface area contributed by atoms with Crippen LogP contribution in [0.25, 0.3) is 0 Å². The van der Waals surface area contributed by atoms with Gasteiger partial charge in [-0.15, -0.1) is 12.3 Å². The summed E-state index contributed by atoms with van der Waals surface area (Å²) in [7, 11) is 0. The van der Waals surface area contributed by atoms with Crippen LogP contribution in [0.2, 0.25) is 0 Å². The third-order valence-electron chi connectivity index (χ3n) is 14.3. The van der Waals surface area contributed by atoms with Crippen molar-refractivity contribution < 1.29 is 9.59 Å². The van der Waals surface area contributed by atoms with Gasteiger partial charge in [-0.25, -0.2) is 0 Å². The van der Waals surface area contributed by atoms with E-state index >= 15 is 0 Å². The summed E-state index contributed by atoms with van der Waals surface area (Å²) < 4.78 is 0. The van der Waals surface area contributed by atoms with Crippen molar-refractivity contribution in [3.8, 4) is 12.3 Å². The molecule has 10 atom stereocenters. The molecule has 4 fully saturated rings. The second-order valence-electron chi connectivity index (χ2n) is 18.7. The summed E-state index contributed by atoms with van der Waals surface area (Å²) >= 11 is 0. The summed E-state index contributed by atoms with van der Waals surface area (Å²) in [6, 6.07) is 0. The van der Waals surface area contributed by atoms with Crippen LogP contribution >= 0.6 is 0 Å². The van der Waals surface area contributed by atoms with Gasteiger partial charge in [-0.1, -0.05) is 113 Å². The lowest BCUT2D eigenvalue weighted by molar-refractivity contribution is -0.136. The van der Waals surface area contributed by atoms with E-state index < -0.39 is 0 Å². The van der Waals surface area contributed by atoms with Crippen molar-refractivity contribution in [3.63, 3.8) is 0 Å². The van der Waals surface area contributed by atoms with Crippen molar-refractivity contribution in [1.29, 1.82) is 0 Å². The first-order valence-corrected chi connectivity index (χ1v) is 20.9. The third-order valence-corrected chi connectivity index (χ3v) is 14.3. The zero-order valence-electron chi connectivity index (χ0n) is 33.3. The molecule has 3 unspecified atom stereocenters. The topological polar surface area (TPSA) is 34.1 Å². The molecule has 4 rings (SSSR count). The molecule has 0 aliphatic heterocycles. The van der Waals surface area contributed by atoms with Gasteiger partial charge in [-0.2, -0.15) is 0 Å². The largest absolute Gasteiger partial charge is 0.299 e. The lowest BCUT2D eigenvalue weighted by Gasteiger charge is -2.45. The smallest absolute Gasteiger partial charge is 0.139 e. The summed E-state index contributed by atoms with van der Waals surface area (Å²) in [5.41, 5.74) is 0.584. The fraction of sp³-hybridized carbons (Fsp3) is 0.870. The number of rotatable bonds is 16. The highest BCUT2D eigenvalue weighted by Gasteiger charge is 2.55. The number of hydrogen-bond acceptors (Lipinski definition) is 2. The summed E-state index contributed by atoms with van der Waals surface area (Å²) in [4.78, 5) is 25.6. The quantitative estimate of drug-likeness (QED) is 0.122. The number of allylic oxidation sites excluding steroid dienone is 2. The maximum atomic E-state index is 13.5. The van der Waals surface area contributed by atoms with Gasteiger partial charge in [0.15, 0.2) is 0 Å². The minimum absolute atomic E-state index is 0.245. The first-order valence-electron chi connectivity index (χ1n) is 20.9. The van der Waals surface area contributed by atoms with Crippen LogP contribution in [-0.2, 0) is 9.59 Å². The Morgan fingerprint density at radius 1 is 0.771 bits per heavy atom. The van der Waals surface area contributed by atoms with E-state index in [0.717, 1.165) is 86.9 Å². The van der Waals surface area contributed by atoms with Crippen molar-refractivity contribution in [1.82, 2.24) is 0 Å². The molecule has 0 amide bonds. The van der Waals surface area contributed by atoms with Gasteiger partial charge in [0.1, 0.15) is 11.6 Å². The van der Waals surface area contributed by atoms with Crippen LogP contribution in [0, 0.1) is 82.4 Å². The van der Waals surface area contributed by atoms with Crippen LogP contribution in [0.4, 0.5) is 0 Å². The van der Waals surface area contributed by atoms with Crippen molar-refractivity contribution in [2.45, 2.75) is 184 Å². The average Bonchev–Trinajstić information content (AvgIpc) is 3.57. The van der Waals surface area contributed by atoms with Crippen LogP contribution in [0.1, 0.15) is 184 Å². The zero-order valence-corrected chi connectivity index (χ0v) is 33.3. The molecular formula is C46H78O2. The minimum Gasteiger partial charge on any atom is -0.299 e. The van der Waals surface area contributed by atoms with Crippen LogP contribution in [0.3, 0.4) is 0 Å². The van der Waals surface area contributed by atoms with E-state index in [-0.39, 0.29) is 11.3 Å². The Balaban J connectivity index is 0.000000284. The van der Waals surface area contributed by atoms with Gasteiger partial charge >= 0.3 is 0 Å². The number of carbonyl (C=O) groups is 2. The van der Waals surface area contributed by atoms with Gasteiger partial charge in [0.25, 0.3) is 0 Å². The molecule has 48 heavy (non-hydrogen) atoms. The second-order valence-corrected chi connectivity index (χ2v) is 18.7. The Hall–Kier alpha value is -1.36. The summed E-state index contributed by atoms with van der Waals surface area (Å²) in [6.07, 6.45) is 32.6. The van der Waals surface area contributed by atoms with Crippen LogP contribution in [0.15, 0.2) is 12.2 Å². The SMILES string of the molecule is C#CCC(C/C=C\CC)CC1CC[C@@]2(C)C(CC[C@@H]2[C@H](C)CCCC(C)C)C1=O.CC(C)CCC[C@@H](C)[C@H]1CC[C@H]2C(=O)CCC[C@]12C. The number of fused-ring (bicyclic) bond motifs is 2. The highest BCUT2D eigenvalue weighted by atomic mass is 16.1. The van der Waals surface area contributed by atoms with E-state index in [4.69, 9.17) is 6.42 Å². The molecule has 4 aliphatic carbocycles. The molecule has 274 valence electrons. The van der Waals surface area contributed by atoms with Crippen LogP contribution < -0.4 is 0 Å². The van der Waals surface area contributed by atoms with Crippen molar-refractivity contribution >= 4 is 11.6 Å². The molecule has 0 saturated heterocycles. The summed E-state index contributed by atoms with van der Waals surface area (Å²) in [5.74, 6) is 10.1. The Bertz CT molecular complexity index is 1060. The third kappa shape index (κ3) is 10.6. The Morgan fingerprint density at radius 2 is 1.33 bits per heavy atom. The van der Waals surface area contributed by atoms with Gasteiger partial charge in [-0.05, 0) is 123 Å². The minimum atomic E-state index is 0.245. The Labute approximate surface area is 299 Å². The predicted molar refractivity (Wildman–Crippen MR) is 207 cm³/mol. The molecule has 0 aromatic carbocycles. The highest BCUT2D eigenvalue weighted by Crippen LogP contribution is 2.59. The number of ketones is 2. The molecule has 0 N–H and O–H groups in total. The monoisotopic (exact) mass is 663 g/mol. The lowest BCUT2D eigenvalue weighted by atomic mass is 9.58. The van der Waals surface area contributed by atoms with Gasteiger partial charge in [0.2, 0.25) is 0 Å². The molecule has 2 heteroatoms. The molecule has 0 spiro atoms. The van der Waals surface area contributed by atoms with Gasteiger partial charge in [0.05, 0.1) is 0 Å². The standard InChI is InChI=1S/C28H46O.C18H32O/c1-7-9-10-15-23(12-8-2)20-24-18-19-28(6)25(16-17-26(28)27(24)29)22(5)14-11-13-21(3)4;1-13(2)7-5-8-14(3)15-10-11-16-17(19)9-6-12-18(15,16)4/h2,9-10,21-26H,7,11-20H2,1,3-6H3;13-16H,5-12H2,1-4H3/b10-9-;/t22-,23?,24?,25-,26?,28-;14-,15-,16+,18-/m11/s1. The summed E-state index contributed by atoms with van der Waals surface area (Å²) in [5, 5.41) is 0. The second kappa shape index (κ2) is 19.3. The number of carbonyl (C=O) groups excluding carboxylic acids is 2. The average molecular weight is 663 g/mol. The molecule has 0 aromatic heterocycles. The van der Waals surface area contributed by atoms with E-state index in [1.165, 1.54) is 70.6 Å². The molecule has 0 bridgehead atoms. The Morgan fingerprint density at radius 3 is 1.88 bits per heavy atom. The van der Waals surface area contributed by atoms with E-state index in [1.807, 2.05) is 0 Å². The number of Topliss-reactive ketones (excluding diaryl/α,β-unsaturated/α-hetero) is 2. The van der Waals surface area contributed by atoms with E-state index in [0.29, 0.717) is 34.7 Å². The number of hydrogen-bond donors (Lipinski definition) is 0. The van der Waals surface area contributed by atoms with E-state index in [1.54, 1.807) is 0 Å². The maximum Gasteiger partial charge on any atom is 0.139 e. The fourth-order valence-corrected chi connectivity index (χ4v) is 11.5. The molecule has 2 nitrogen and oxygen atoms in total. The van der Waals surface area contributed by atoms with Crippen molar-refractivity contribution in [2.24, 2.45) is 70.0 Å². The van der Waals surface area contributed by atoms with Gasteiger partial charge < -0.3 is 0 Å². The van der Waals surface area contributed by atoms with Gasteiger partial charge in [-0.3, -0.25) is 9.59 Å². The Kier molecular flexibility index (Phi) is 16.5. The first-order chi connectivity index (χ1) is 22.8. The normalized spacial score (nSPS) is 33.7. The first kappa shape index (κ1) is 41.1. The number of terminal acetylenes is 1. The maximum absolute atomic E-state index is 13.5. The molecule has 0 radical (unpaired) electrons. The lowest BCUT2D eigenvalue weighted by Crippen LogP contribution is -2.43. The fourth-order valence-electron chi connectivity index (χ4n) is 11.5. The van der Waals surface area contributed by atoms with Crippen molar-refractivity contribution in [2.75, 3.05) is 0 Å². The van der Waals surface area contributed by atoms with Crippen LogP contribution in [-0.4, -0.2) is 11.6 Å². The zero-order chi connectivity index (χ0) is 35.5. The van der Waals surface area contributed by atoms with E-state index in [2.05, 4.69) is 80.4 Å². The van der Waals surface area contributed by atoms with Gasteiger partial charge in [0, 0.05) is 30.6 Å². The summed E-state index contributed by atoms with van der Waals surface area (Å²) in [6.45, 7) is 21.2. The molecular weight excluding hydrogens is 585 g/mol. The molecule has 0 heterocycles. The van der Waals surface area contributed by atoms with Crippen LogP contribution in [0.5, 0.6) is 0 Å². The van der Waals surface area contributed by atoms with Crippen molar-refractivity contribution in [3.05, 3.63) is 12.2 Å². The molecule has 0 aromatic rings. The van der Waals surface area contributed by atoms with E-state index in [9.17, 15) is 9.59 Å². The molecule has 4 saturated carbocycles. The molecule has 4 aliphatic rings.